The van der Waals surface area contributed by atoms with E-state index in [9.17, 15) is 17.6 Å². The van der Waals surface area contributed by atoms with E-state index in [1.807, 2.05) is 0 Å². The molecule has 102 valence electrons. The van der Waals surface area contributed by atoms with Crippen molar-refractivity contribution in [2.75, 3.05) is 6.54 Å². The first-order chi connectivity index (χ1) is 7.93. The minimum Gasteiger partial charge on any atom is -0.330 e. The highest BCUT2D eigenvalue weighted by Gasteiger charge is 2.41. The molecule has 1 nitrogen and oxygen atoms in total. The minimum absolute atomic E-state index is 0.0965. The van der Waals surface area contributed by atoms with Gasteiger partial charge in [0, 0.05) is 0 Å². The van der Waals surface area contributed by atoms with E-state index in [0.717, 1.165) is 38.5 Å². The van der Waals surface area contributed by atoms with Crippen LogP contribution in [0.25, 0.3) is 0 Å². The maximum Gasteiger partial charge on any atom is 0.419 e. The van der Waals surface area contributed by atoms with Crippen molar-refractivity contribution in [2.24, 2.45) is 17.6 Å². The van der Waals surface area contributed by atoms with Gasteiger partial charge in [0.25, 0.3) is 0 Å². The van der Waals surface area contributed by atoms with E-state index in [2.05, 4.69) is 0 Å². The molecule has 0 bridgehead atoms. The largest absolute Gasteiger partial charge is 0.419 e. The molecule has 1 saturated carbocycles. The Morgan fingerprint density at radius 3 is 2.06 bits per heavy atom. The minimum atomic E-state index is -4.68. The summed E-state index contributed by atoms with van der Waals surface area (Å²) in [5.74, 6) is 0.486. The van der Waals surface area contributed by atoms with Gasteiger partial charge >= 0.3 is 6.18 Å². The van der Waals surface area contributed by atoms with Crippen molar-refractivity contribution in [2.45, 2.75) is 57.3 Å². The van der Waals surface area contributed by atoms with Crippen molar-refractivity contribution in [1.29, 1.82) is 0 Å². The van der Waals surface area contributed by atoms with E-state index in [0.29, 0.717) is 12.5 Å². The molecule has 0 aliphatic heterocycles. The Morgan fingerprint density at radius 1 is 1.06 bits per heavy atom. The molecule has 0 aromatic rings. The average Bonchev–Trinajstić information content (AvgIpc) is 2.27. The molecule has 0 aromatic heterocycles. The number of nitrogens with two attached hydrogens (primary N) is 1. The summed E-state index contributed by atoms with van der Waals surface area (Å²) in [4.78, 5) is 0. The van der Waals surface area contributed by atoms with Crippen molar-refractivity contribution >= 4 is 0 Å². The van der Waals surface area contributed by atoms with E-state index in [1.165, 1.54) is 0 Å². The second kappa shape index (κ2) is 6.57. The zero-order chi connectivity index (χ0) is 12.9. The van der Waals surface area contributed by atoms with Gasteiger partial charge in [0.1, 0.15) is 0 Å². The number of halogens is 4. The Morgan fingerprint density at radius 2 is 1.59 bits per heavy atom. The number of rotatable bonds is 5. The van der Waals surface area contributed by atoms with Gasteiger partial charge < -0.3 is 5.73 Å². The molecule has 1 fully saturated rings. The van der Waals surface area contributed by atoms with E-state index in [4.69, 9.17) is 5.73 Å². The highest BCUT2D eigenvalue weighted by Crippen LogP contribution is 2.37. The molecule has 17 heavy (non-hydrogen) atoms. The van der Waals surface area contributed by atoms with Crippen LogP contribution in [0.1, 0.15) is 44.9 Å². The van der Waals surface area contributed by atoms with Crippen LogP contribution in [0.2, 0.25) is 0 Å². The first-order valence-electron chi connectivity index (χ1n) is 6.34. The van der Waals surface area contributed by atoms with Crippen molar-refractivity contribution in [1.82, 2.24) is 0 Å². The van der Waals surface area contributed by atoms with Crippen LogP contribution in [0.15, 0.2) is 0 Å². The first kappa shape index (κ1) is 14.7. The summed E-state index contributed by atoms with van der Waals surface area (Å²) in [5, 5.41) is 0. The molecule has 0 saturated heterocycles. The summed E-state index contributed by atoms with van der Waals surface area (Å²) in [6, 6.07) is 0. The van der Waals surface area contributed by atoms with Gasteiger partial charge in [-0.1, -0.05) is 25.7 Å². The van der Waals surface area contributed by atoms with Crippen LogP contribution in [-0.4, -0.2) is 18.9 Å². The molecule has 0 spiro atoms. The second-order valence-corrected chi connectivity index (χ2v) is 5.06. The quantitative estimate of drug-likeness (QED) is 0.742. The molecule has 1 unspecified atom stereocenters. The third-order valence-electron chi connectivity index (χ3n) is 3.68. The van der Waals surface area contributed by atoms with Crippen LogP contribution in [0.3, 0.4) is 0 Å². The summed E-state index contributed by atoms with van der Waals surface area (Å²) in [7, 11) is 0. The van der Waals surface area contributed by atoms with Crippen LogP contribution in [0.4, 0.5) is 17.6 Å². The third kappa shape index (κ3) is 5.23. The van der Waals surface area contributed by atoms with Gasteiger partial charge in [-0.05, 0) is 37.6 Å². The van der Waals surface area contributed by atoms with Crippen LogP contribution in [0.5, 0.6) is 0 Å². The lowest BCUT2D eigenvalue weighted by molar-refractivity contribution is -0.185. The molecule has 5 heteroatoms. The van der Waals surface area contributed by atoms with Gasteiger partial charge in [0.15, 0.2) is 6.17 Å². The summed E-state index contributed by atoms with van der Waals surface area (Å²) < 4.78 is 49.0. The maximum atomic E-state index is 12.9. The number of hydrogen-bond donors (Lipinski definition) is 1. The van der Waals surface area contributed by atoms with Gasteiger partial charge in [-0.15, -0.1) is 0 Å². The zero-order valence-electron chi connectivity index (χ0n) is 9.98. The van der Waals surface area contributed by atoms with Crippen LogP contribution in [-0.2, 0) is 0 Å². The average molecular weight is 255 g/mol. The molecule has 0 amide bonds. The van der Waals surface area contributed by atoms with Crippen LogP contribution in [0, 0.1) is 11.8 Å². The fourth-order valence-electron chi connectivity index (χ4n) is 2.59. The lowest BCUT2D eigenvalue weighted by Crippen LogP contribution is -2.28. The fourth-order valence-corrected chi connectivity index (χ4v) is 2.59. The molecule has 0 radical (unpaired) electrons. The summed E-state index contributed by atoms with van der Waals surface area (Å²) >= 11 is 0. The molecule has 2 N–H and O–H groups in total. The van der Waals surface area contributed by atoms with E-state index < -0.39 is 12.3 Å². The molecular weight excluding hydrogens is 234 g/mol. The van der Waals surface area contributed by atoms with Crippen LogP contribution < -0.4 is 5.73 Å². The summed E-state index contributed by atoms with van der Waals surface area (Å²) in [5.41, 5.74) is 5.41. The van der Waals surface area contributed by atoms with Crippen molar-refractivity contribution in [3.8, 4) is 0 Å². The monoisotopic (exact) mass is 255 g/mol. The lowest BCUT2D eigenvalue weighted by Gasteiger charge is -2.29. The van der Waals surface area contributed by atoms with Gasteiger partial charge in [-0.2, -0.15) is 13.2 Å². The molecule has 0 heterocycles. The third-order valence-corrected chi connectivity index (χ3v) is 3.68. The predicted molar refractivity (Wildman–Crippen MR) is 59.3 cm³/mol. The first-order valence-corrected chi connectivity index (χ1v) is 6.34. The number of alkyl halides is 4. The molecule has 1 atom stereocenters. The molecule has 0 aromatic carbocycles. The molecule has 1 rings (SSSR count). The Kier molecular flexibility index (Phi) is 5.70. The van der Waals surface area contributed by atoms with E-state index in [-0.39, 0.29) is 12.3 Å². The van der Waals surface area contributed by atoms with Crippen molar-refractivity contribution < 1.29 is 17.6 Å². The Balaban J connectivity index is 2.23. The maximum absolute atomic E-state index is 12.9. The summed E-state index contributed by atoms with van der Waals surface area (Å²) in [6.45, 7) is 0.667. The van der Waals surface area contributed by atoms with Gasteiger partial charge in [0.05, 0.1) is 0 Å². The molecule has 1 aliphatic carbocycles. The highest BCUT2D eigenvalue weighted by atomic mass is 19.4. The Bertz CT molecular complexity index is 209. The Hall–Kier alpha value is -0.320. The smallest absolute Gasteiger partial charge is 0.330 e. The van der Waals surface area contributed by atoms with Gasteiger partial charge in [-0.25, -0.2) is 4.39 Å². The topological polar surface area (TPSA) is 26.0 Å². The Labute approximate surface area is 99.7 Å². The van der Waals surface area contributed by atoms with E-state index >= 15 is 0 Å². The van der Waals surface area contributed by atoms with Crippen molar-refractivity contribution in [3.05, 3.63) is 0 Å². The van der Waals surface area contributed by atoms with Gasteiger partial charge in [-0.3, -0.25) is 0 Å². The molecule has 1 aliphatic rings. The molecular formula is C12H21F4N. The SMILES string of the molecule is NCCCC1CCC(CC(F)C(F)(F)F)CC1. The fraction of sp³-hybridized carbons (Fsp3) is 1.00. The van der Waals surface area contributed by atoms with Crippen LogP contribution >= 0.6 is 0 Å². The second-order valence-electron chi connectivity index (χ2n) is 5.06. The lowest BCUT2D eigenvalue weighted by atomic mass is 9.78. The normalized spacial score (nSPS) is 28.1. The van der Waals surface area contributed by atoms with E-state index in [1.54, 1.807) is 0 Å². The number of hydrogen-bond acceptors (Lipinski definition) is 1. The van der Waals surface area contributed by atoms with Crippen molar-refractivity contribution in [3.63, 3.8) is 0 Å². The standard InChI is InChI=1S/C12H21F4N/c13-11(12(14,15)16)8-10-5-3-9(4-6-10)2-1-7-17/h9-11H,1-8,17H2. The van der Waals surface area contributed by atoms with Gasteiger partial charge in [0.2, 0.25) is 0 Å². The zero-order valence-corrected chi connectivity index (χ0v) is 9.98. The summed E-state index contributed by atoms with van der Waals surface area (Å²) in [6.07, 6.45) is -2.34. The predicted octanol–water partition coefficient (Wildman–Crippen LogP) is 3.82. The highest BCUT2D eigenvalue weighted by molar-refractivity contribution is 4.77.